The second-order valence-electron chi connectivity index (χ2n) is 8.11. The summed E-state index contributed by atoms with van der Waals surface area (Å²) in [5.41, 5.74) is 11.6. The fraction of sp³-hybridized carbons (Fsp3) is 0.261. The van der Waals surface area contributed by atoms with Gasteiger partial charge in [-0.2, -0.15) is 5.10 Å². The number of hydrogen-bond acceptors (Lipinski definition) is 7. The second-order valence-corrected chi connectivity index (χ2v) is 8.11. The Morgan fingerprint density at radius 3 is 2.94 bits per heavy atom. The van der Waals surface area contributed by atoms with Crippen molar-refractivity contribution in [3.05, 3.63) is 66.6 Å². The molecule has 4 aromatic rings. The second kappa shape index (κ2) is 7.64. The highest BCUT2D eigenvalue weighted by Gasteiger charge is 2.22. The molecular weight excluding hydrogens is 388 g/mol. The molecule has 3 aromatic heterocycles. The maximum Gasteiger partial charge on any atom is 0.170 e. The summed E-state index contributed by atoms with van der Waals surface area (Å²) in [6, 6.07) is 15.0. The van der Waals surface area contributed by atoms with Gasteiger partial charge in [0, 0.05) is 23.3 Å². The first-order chi connectivity index (χ1) is 15.3. The van der Waals surface area contributed by atoms with Crippen LogP contribution in [0.4, 0.5) is 11.5 Å². The first-order valence-electron chi connectivity index (χ1n) is 10.7. The third-order valence-electron chi connectivity index (χ3n) is 6.04. The van der Waals surface area contributed by atoms with E-state index in [1.165, 1.54) is 5.56 Å². The molecule has 0 radical (unpaired) electrons. The van der Waals surface area contributed by atoms with Crippen molar-refractivity contribution in [1.29, 1.82) is 0 Å². The predicted molar refractivity (Wildman–Crippen MR) is 121 cm³/mol. The lowest BCUT2D eigenvalue weighted by molar-refractivity contribution is 0.343. The number of fused-ring (bicyclic) bond motifs is 2. The first-order valence-corrected chi connectivity index (χ1v) is 10.7. The molecule has 5 heterocycles. The van der Waals surface area contributed by atoms with Crippen LogP contribution in [-0.2, 0) is 6.54 Å². The third kappa shape index (κ3) is 3.49. The number of nitrogens with one attached hydrogen (secondary N) is 3. The number of piperidine rings is 1. The van der Waals surface area contributed by atoms with Crippen LogP contribution in [0.1, 0.15) is 24.4 Å². The molecule has 6 rings (SSSR count). The smallest absolute Gasteiger partial charge is 0.170 e. The molecule has 0 unspecified atom stereocenters. The van der Waals surface area contributed by atoms with Crippen LogP contribution < -0.4 is 21.3 Å². The molecular formula is C23H24N8. The van der Waals surface area contributed by atoms with E-state index in [1.54, 1.807) is 0 Å². The molecule has 1 saturated heterocycles. The minimum absolute atomic E-state index is 0.464. The summed E-state index contributed by atoms with van der Waals surface area (Å²) in [5.74, 6) is 0.887. The highest BCUT2D eigenvalue weighted by molar-refractivity contribution is 5.79. The molecule has 0 aliphatic carbocycles. The number of nitrogens with zero attached hydrogens (tertiary/aromatic N) is 5. The molecule has 156 valence electrons. The van der Waals surface area contributed by atoms with Crippen LogP contribution in [0.3, 0.4) is 0 Å². The lowest BCUT2D eigenvalue weighted by Crippen LogP contribution is -2.35. The maximum absolute atomic E-state index is 4.94. The Bertz CT molecular complexity index is 1230. The van der Waals surface area contributed by atoms with Gasteiger partial charge in [0.25, 0.3) is 0 Å². The molecule has 0 bridgehead atoms. The highest BCUT2D eigenvalue weighted by Crippen LogP contribution is 2.32. The lowest BCUT2D eigenvalue weighted by atomic mass is 10.1. The Hall–Kier alpha value is -3.49. The van der Waals surface area contributed by atoms with Crippen molar-refractivity contribution >= 4 is 22.4 Å². The van der Waals surface area contributed by atoms with E-state index in [-0.39, 0.29) is 0 Å². The van der Waals surface area contributed by atoms with Crippen LogP contribution in [0, 0.1) is 0 Å². The molecule has 8 nitrogen and oxygen atoms in total. The Morgan fingerprint density at radius 1 is 1.06 bits per heavy atom. The Kier molecular flexibility index (Phi) is 4.51. The normalized spacial score (nSPS) is 16.5. The molecule has 1 aromatic carbocycles. The van der Waals surface area contributed by atoms with E-state index >= 15 is 0 Å². The summed E-state index contributed by atoms with van der Waals surface area (Å²) in [5, 5.41) is 11.2. The summed E-state index contributed by atoms with van der Waals surface area (Å²) in [6.07, 6.45) is 8.10. The fourth-order valence-corrected chi connectivity index (χ4v) is 4.35. The van der Waals surface area contributed by atoms with E-state index in [1.807, 2.05) is 29.5 Å². The summed E-state index contributed by atoms with van der Waals surface area (Å²) in [7, 11) is 0. The van der Waals surface area contributed by atoms with Gasteiger partial charge in [0.15, 0.2) is 5.82 Å². The van der Waals surface area contributed by atoms with Crippen LogP contribution in [0.15, 0.2) is 61.1 Å². The summed E-state index contributed by atoms with van der Waals surface area (Å²) < 4.78 is 2.10. The number of aromatic nitrogens is 4. The van der Waals surface area contributed by atoms with E-state index in [4.69, 9.17) is 4.98 Å². The quantitative estimate of drug-likeness (QED) is 0.474. The van der Waals surface area contributed by atoms with Crippen molar-refractivity contribution < 1.29 is 0 Å². The van der Waals surface area contributed by atoms with E-state index in [0.29, 0.717) is 12.6 Å². The minimum Gasteiger partial charge on any atom is -0.317 e. The van der Waals surface area contributed by atoms with Gasteiger partial charge < -0.3 is 10.7 Å². The monoisotopic (exact) mass is 412 g/mol. The molecule has 2 aliphatic heterocycles. The van der Waals surface area contributed by atoms with Gasteiger partial charge in [0.05, 0.1) is 35.7 Å². The van der Waals surface area contributed by atoms with Gasteiger partial charge >= 0.3 is 0 Å². The average molecular weight is 413 g/mol. The molecule has 0 spiro atoms. The Balaban J connectivity index is 1.25. The van der Waals surface area contributed by atoms with Crippen molar-refractivity contribution in [1.82, 2.24) is 30.6 Å². The fourth-order valence-electron chi connectivity index (χ4n) is 4.35. The van der Waals surface area contributed by atoms with Gasteiger partial charge in [0.1, 0.15) is 0 Å². The van der Waals surface area contributed by atoms with Crippen LogP contribution in [0.25, 0.3) is 22.2 Å². The standard InChI is InChI=1S/C23H24N8/c1-2-17-12-16(3-4-20(17)25-9-1)14-31-23-22(28-29-31)6-5-21(27-23)18-13-26-30(15-18)19-7-10-24-11-8-19/h1-6,9,12-13,15,19,24,28-29H,7-8,10-11,14H2. The first kappa shape index (κ1) is 18.3. The Labute approximate surface area is 180 Å². The molecule has 0 amide bonds. The summed E-state index contributed by atoms with van der Waals surface area (Å²) in [4.78, 5) is 9.35. The molecule has 31 heavy (non-hydrogen) atoms. The van der Waals surface area contributed by atoms with Crippen LogP contribution in [0.5, 0.6) is 0 Å². The van der Waals surface area contributed by atoms with Crippen molar-refractivity contribution in [3.8, 4) is 11.3 Å². The van der Waals surface area contributed by atoms with Gasteiger partial charge in [-0.3, -0.25) is 14.7 Å². The number of hydrogen-bond donors (Lipinski definition) is 3. The van der Waals surface area contributed by atoms with Crippen molar-refractivity contribution in [2.45, 2.75) is 25.4 Å². The Morgan fingerprint density at radius 2 is 2.00 bits per heavy atom. The molecule has 8 heteroatoms. The van der Waals surface area contributed by atoms with Crippen molar-refractivity contribution in [2.75, 3.05) is 23.5 Å². The topological polar surface area (TPSA) is 82.9 Å². The molecule has 3 N–H and O–H groups in total. The van der Waals surface area contributed by atoms with Crippen molar-refractivity contribution in [3.63, 3.8) is 0 Å². The van der Waals surface area contributed by atoms with Gasteiger partial charge in [-0.15, -0.1) is 5.53 Å². The average Bonchev–Trinajstić information content (AvgIpc) is 3.47. The predicted octanol–water partition coefficient (Wildman–Crippen LogP) is 3.27. The highest BCUT2D eigenvalue weighted by atomic mass is 15.7. The van der Waals surface area contributed by atoms with Gasteiger partial charge in [-0.1, -0.05) is 12.1 Å². The van der Waals surface area contributed by atoms with E-state index in [9.17, 15) is 0 Å². The molecule has 0 saturated carbocycles. The third-order valence-corrected chi connectivity index (χ3v) is 6.04. The number of hydrazine groups is 2. The van der Waals surface area contributed by atoms with E-state index < -0.39 is 0 Å². The zero-order chi connectivity index (χ0) is 20.6. The van der Waals surface area contributed by atoms with Crippen LogP contribution >= 0.6 is 0 Å². The maximum atomic E-state index is 4.94. The number of benzene rings is 1. The van der Waals surface area contributed by atoms with E-state index in [2.05, 4.69) is 67.6 Å². The molecule has 1 fully saturated rings. The number of anilines is 2. The van der Waals surface area contributed by atoms with E-state index in [0.717, 1.165) is 59.6 Å². The zero-order valence-electron chi connectivity index (χ0n) is 17.1. The summed E-state index contributed by atoms with van der Waals surface area (Å²) >= 11 is 0. The number of rotatable bonds is 4. The zero-order valence-corrected chi connectivity index (χ0v) is 17.1. The van der Waals surface area contributed by atoms with Gasteiger partial charge in [-0.25, -0.2) is 4.98 Å². The number of pyridine rings is 2. The minimum atomic E-state index is 0.464. The molecule has 0 atom stereocenters. The largest absolute Gasteiger partial charge is 0.317 e. The SMILES string of the molecule is c1cnc2ccc(CN3NNc4ccc(-c5cnn(C6CCNCC6)c5)nc43)cc2c1. The molecule has 2 aliphatic rings. The van der Waals surface area contributed by atoms with Crippen LogP contribution in [0.2, 0.25) is 0 Å². The lowest BCUT2D eigenvalue weighted by Gasteiger charge is -2.22. The summed E-state index contributed by atoms with van der Waals surface area (Å²) in [6.45, 7) is 2.79. The van der Waals surface area contributed by atoms with Crippen LogP contribution in [-0.4, -0.2) is 32.8 Å². The van der Waals surface area contributed by atoms with Gasteiger partial charge in [0.2, 0.25) is 0 Å². The van der Waals surface area contributed by atoms with Crippen molar-refractivity contribution in [2.24, 2.45) is 0 Å². The van der Waals surface area contributed by atoms with Gasteiger partial charge in [-0.05, 0) is 61.8 Å².